The molecule has 1 atom stereocenters. The Kier molecular flexibility index (Phi) is 6.31. The van der Waals surface area contributed by atoms with Crippen molar-refractivity contribution in [1.29, 1.82) is 0 Å². The number of quaternary nitrogens is 1. The molecular formula is C19H26N3O3S2+. The highest BCUT2D eigenvalue weighted by Gasteiger charge is 2.28. The summed E-state index contributed by atoms with van der Waals surface area (Å²) in [6, 6.07) is 10.5. The van der Waals surface area contributed by atoms with Gasteiger partial charge < -0.3 is 10.2 Å². The normalized spacial score (nSPS) is 16.6. The van der Waals surface area contributed by atoms with E-state index in [1.165, 1.54) is 48.8 Å². The number of nitrogens with one attached hydrogen (secondary N) is 2. The summed E-state index contributed by atoms with van der Waals surface area (Å²) in [5, 5.41) is 5.11. The molecule has 3 rings (SSSR count). The van der Waals surface area contributed by atoms with E-state index in [0.717, 1.165) is 17.4 Å². The van der Waals surface area contributed by atoms with Crippen LogP contribution >= 0.6 is 11.3 Å². The molecule has 2 heterocycles. The Labute approximate surface area is 164 Å². The van der Waals surface area contributed by atoms with Gasteiger partial charge in [-0.3, -0.25) is 4.79 Å². The smallest absolute Gasteiger partial charge is 0.251 e. The van der Waals surface area contributed by atoms with Crippen LogP contribution in [0.3, 0.4) is 0 Å². The van der Waals surface area contributed by atoms with E-state index in [2.05, 4.69) is 16.8 Å². The Bertz CT molecular complexity index is 856. The molecule has 0 spiro atoms. The molecule has 6 nitrogen and oxygen atoms in total. The SMILES string of the molecule is CN(C)S(=O)(=O)c1ccc(C(=O)NC[C@H](c2cccs2)[NH+]2CCCC2)cc1. The van der Waals surface area contributed by atoms with E-state index in [1.54, 1.807) is 23.5 Å². The zero-order chi connectivity index (χ0) is 19.4. The largest absolute Gasteiger partial charge is 0.346 e. The summed E-state index contributed by atoms with van der Waals surface area (Å²) >= 11 is 1.73. The van der Waals surface area contributed by atoms with Crippen LogP contribution in [0.1, 0.15) is 34.1 Å². The van der Waals surface area contributed by atoms with Crippen molar-refractivity contribution in [1.82, 2.24) is 9.62 Å². The molecule has 0 unspecified atom stereocenters. The number of benzene rings is 1. The van der Waals surface area contributed by atoms with Crippen molar-refractivity contribution >= 4 is 27.3 Å². The van der Waals surface area contributed by atoms with E-state index in [0.29, 0.717) is 12.1 Å². The molecule has 1 aliphatic heterocycles. The van der Waals surface area contributed by atoms with Gasteiger partial charge in [0.1, 0.15) is 6.04 Å². The Morgan fingerprint density at radius 2 is 1.85 bits per heavy atom. The van der Waals surface area contributed by atoms with Gasteiger partial charge in [0.15, 0.2) is 0 Å². The Morgan fingerprint density at radius 3 is 2.41 bits per heavy atom. The van der Waals surface area contributed by atoms with Crippen molar-refractivity contribution in [3.05, 3.63) is 52.2 Å². The first kappa shape index (κ1) is 20.0. The fourth-order valence-electron chi connectivity index (χ4n) is 3.40. The molecule has 2 N–H and O–H groups in total. The van der Waals surface area contributed by atoms with Crippen molar-refractivity contribution in [2.75, 3.05) is 33.7 Å². The molecule has 146 valence electrons. The molecule has 8 heteroatoms. The van der Waals surface area contributed by atoms with Crippen molar-refractivity contribution < 1.29 is 18.1 Å². The second kappa shape index (κ2) is 8.52. The molecule has 0 saturated carbocycles. The highest BCUT2D eigenvalue weighted by Crippen LogP contribution is 2.18. The van der Waals surface area contributed by atoms with Crippen LogP contribution < -0.4 is 10.2 Å². The molecule has 0 radical (unpaired) electrons. The van der Waals surface area contributed by atoms with E-state index in [4.69, 9.17) is 0 Å². The molecule has 1 aromatic carbocycles. The number of nitrogens with zero attached hydrogens (tertiary/aromatic N) is 1. The Morgan fingerprint density at radius 1 is 1.19 bits per heavy atom. The lowest BCUT2D eigenvalue weighted by molar-refractivity contribution is -0.918. The van der Waals surface area contributed by atoms with Crippen LogP contribution in [0, 0.1) is 0 Å². The summed E-state index contributed by atoms with van der Waals surface area (Å²) in [7, 11) is -0.511. The summed E-state index contributed by atoms with van der Waals surface area (Å²) in [5.74, 6) is -0.177. The number of hydrogen-bond donors (Lipinski definition) is 2. The van der Waals surface area contributed by atoms with Crippen molar-refractivity contribution in [3.63, 3.8) is 0 Å². The lowest BCUT2D eigenvalue weighted by Gasteiger charge is -2.24. The minimum Gasteiger partial charge on any atom is -0.346 e. The highest BCUT2D eigenvalue weighted by atomic mass is 32.2. The maximum absolute atomic E-state index is 12.6. The summed E-state index contributed by atoms with van der Waals surface area (Å²) in [6.45, 7) is 2.84. The molecule has 1 saturated heterocycles. The van der Waals surface area contributed by atoms with E-state index in [1.807, 2.05) is 6.07 Å². The van der Waals surface area contributed by atoms with Crippen LogP contribution in [0.4, 0.5) is 0 Å². The third-order valence-electron chi connectivity index (χ3n) is 4.99. The minimum absolute atomic E-state index is 0.177. The highest BCUT2D eigenvalue weighted by molar-refractivity contribution is 7.89. The topological polar surface area (TPSA) is 70.9 Å². The van der Waals surface area contributed by atoms with Gasteiger partial charge in [0.2, 0.25) is 10.0 Å². The van der Waals surface area contributed by atoms with Crippen molar-refractivity contribution in [2.45, 2.75) is 23.8 Å². The molecule has 0 aliphatic carbocycles. The average Bonchev–Trinajstić information content (AvgIpc) is 3.36. The first-order chi connectivity index (χ1) is 12.9. The van der Waals surface area contributed by atoms with Gasteiger partial charge in [0, 0.05) is 32.5 Å². The molecule has 2 aromatic rings. The first-order valence-corrected chi connectivity index (χ1v) is 11.4. The van der Waals surface area contributed by atoms with E-state index < -0.39 is 10.0 Å². The maximum Gasteiger partial charge on any atom is 0.251 e. The van der Waals surface area contributed by atoms with Gasteiger partial charge in [0.05, 0.1) is 29.4 Å². The van der Waals surface area contributed by atoms with Crippen LogP contribution in [0.5, 0.6) is 0 Å². The predicted octanol–water partition coefficient (Wildman–Crippen LogP) is 1.15. The Balaban J connectivity index is 1.67. The van der Waals surface area contributed by atoms with Crippen LogP contribution in [0.2, 0.25) is 0 Å². The number of likely N-dealkylation sites (tertiary alicyclic amines) is 1. The lowest BCUT2D eigenvalue weighted by Crippen LogP contribution is -3.11. The van der Waals surface area contributed by atoms with Crippen LogP contribution in [0.25, 0.3) is 0 Å². The van der Waals surface area contributed by atoms with Gasteiger partial charge in [-0.15, -0.1) is 11.3 Å². The summed E-state index contributed by atoms with van der Waals surface area (Å²) in [4.78, 5) is 15.5. The third kappa shape index (κ3) is 4.57. The molecule has 0 bridgehead atoms. The molecule has 1 amide bonds. The molecule has 1 aliphatic rings. The van der Waals surface area contributed by atoms with Gasteiger partial charge >= 0.3 is 0 Å². The minimum atomic E-state index is -3.49. The van der Waals surface area contributed by atoms with E-state index in [-0.39, 0.29) is 16.8 Å². The zero-order valence-corrected chi connectivity index (χ0v) is 17.3. The number of sulfonamides is 1. The van der Waals surface area contributed by atoms with Gasteiger partial charge in [-0.2, -0.15) is 0 Å². The molecule has 1 aromatic heterocycles. The number of thiophene rings is 1. The Hall–Kier alpha value is -1.74. The van der Waals surface area contributed by atoms with Gasteiger partial charge in [-0.1, -0.05) is 6.07 Å². The molecule has 1 fully saturated rings. The summed E-state index contributed by atoms with van der Waals surface area (Å²) < 4.78 is 25.4. The number of amides is 1. The quantitative estimate of drug-likeness (QED) is 0.722. The summed E-state index contributed by atoms with van der Waals surface area (Å²) in [6.07, 6.45) is 2.46. The second-order valence-electron chi connectivity index (χ2n) is 6.96. The lowest BCUT2D eigenvalue weighted by atomic mass is 10.2. The monoisotopic (exact) mass is 408 g/mol. The number of rotatable bonds is 7. The molecule has 27 heavy (non-hydrogen) atoms. The number of hydrogen-bond acceptors (Lipinski definition) is 4. The number of carbonyl (C=O) groups excluding carboxylic acids is 1. The zero-order valence-electron chi connectivity index (χ0n) is 15.6. The predicted molar refractivity (Wildman–Crippen MR) is 107 cm³/mol. The fourth-order valence-corrected chi connectivity index (χ4v) is 5.19. The van der Waals surface area contributed by atoms with Crippen molar-refractivity contribution in [3.8, 4) is 0 Å². The average molecular weight is 409 g/mol. The third-order valence-corrected chi connectivity index (χ3v) is 7.80. The van der Waals surface area contributed by atoms with E-state index >= 15 is 0 Å². The maximum atomic E-state index is 12.6. The summed E-state index contributed by atoms with van der Waals surface area (Å²) in [5.41, 5.74) is 0.467. The van der Waals surface area contributed by atoms with Crippen LogP contribution in [-0.2, 0) is 10.0 Å². The van der Waals surface area contributed by atoms with Crippen molar-refractivity contribution in [2.24, 2.45) is 0 Å². The van der Waals surface area contributed by atoms with Crippen LogP contribution in [-0.4, -0.2) is 52.4 Å². The van der Waals surface area contributed by atoms with Gasteiger partial charge in [0.25, 0.3) is 5.91 Å². The first-order valence-electron chi connectivity index (χ1n) is 9.08. The van der Waals surface area contributed by atoms with Gasteiger partial charge in [-0.05, 0) is 35.7 Å². The van der Waals surface area contributed by atoms with Crippen LogP contribution in [0.15, 0.2) is 46.7 Å². The standard InChI is InChI=1S/C19H25N3O3S2/c1-21(2)27(24,25)16-9-7-15(8-10-16)19(23)20-14-17(18-6-5-13-26-18)22-11-3-4-12-22/h5-10,13,17H,3-4,11-12,14H2,1-2H3,(H,20,23)/p+1/t17-/m1/s1. The van der Waals surface area contributed by atoms with E-state index in [9.17, 15) is 13.2 Å². The molecular weight excluding hydrogens is 382 g/mol. The fraction of sp³-hybridized carbons (Fsp3) is 0.421. The van der Waals surface area contributed by atoms with Gasteiger partial charge in [-0.25, -0.2) is 12.7 Å². The second-order valence-corrected chi connectivity index (χ2v) is 10.1. The number of carbonyl (C=O) groups is 1.